The zero-order valence-corrected chi connectivity index (χ0v) is 8.68. The molecule has 0 saturated heterocycles. The van der Waals surface area contributed by atoms with Crippen LogP contribution < -0.4 is 5.73 Å². The zero-order valence-electron chi connectivity index (χ0n) is 7.93. The average Bonchev–Trinajstić information content (AvgIpc) is 2.13. The molecule has 2 nitrogen and oxygen atoms in total. The third-order valence-electron chi connectivity index (χ3n) is 2.21. The summed E-state index contributed by atoms with van der Waals surface area (Å²) in [6.07, 6.45) is 0.331. The highest BCUT2D eigenvalue weighted by atomic mass is 35.5. The molecule has 78 valence electrons. The number of benzene rings is 1. The van der Waals surface area contributed by atoms with Crippen LogP contribution >= 0.6 is 11.6 Å². The van der Waals surface area contributed by atoms with Gasteiger partial charge in [-0.05, 0) is 31.0 Å². The molecule has 0 aliphatic carbocycles. The van der Waals surface area contributed by atoms with E-state index in [4.69, 9.17) is 22.4 Å². The number of aliphatic hydroxyl groups is 1. The number of halogens is 2. The second kappa shape index (κ2) is 4.73. The SMILES string of the molecule is Cc1c(Cl)ccc(F)c1C(N)CCO. The van der Waals surface area contributed by atoms with Gasteiger partial charge in [-0.3, -0.25) is 0 Å². The Balaban J connectivity index is 3.11. The summed E-state index contributed by atoms with van der Waals surface area (Å²) in [5, 5.41) is 9.21. The first kappa shape index (κ1) is 11.4. The van der Waals surface area contributed by atoms with Crippen LogP contribution in [0.4, 0.5) is 4.39 Å². The Morgan fingerprint density at radius 3 is 2.79 bits per heavy atom. The monoisotopic (exact) mass is 217 g/mol. The van der Waals surface area contributed by atoms with Crippen molar-refractivity contribution in [3.63, 3.8) is 0 Å². The van der Waals surface area contributed by atoms with E-state index in [0.717, 1.165) is 0 Å². The lowest BCUT2D eigenvalue weighted by atomic mass is 9.99. The maximum Gasteiger partial charge on any atom is 0.128 e. The fraction of sp³-hybridized carbons (Fsp3) is 0.400. The predicted octanol–water partition coefficient (Wildman–Crippen LogP) is 2.17. The lowest BCUT2D eigenvalue weighted by Crippen LogP contribution is -2.15. The molecule has 4 heteroatoms. The third-order valence-corrected chi connectivity index (χ3v) is 2.62. The van der Waals surface area contributed by atoms with Crippen LogP contribution in [0.5, 0.6) is 0 Å². The van der Waals surface area contributed by atoms with Gasteiger partial charge in [0.15, 0.2) is 0 Å². The van der Waals surface area contributed by atoms with Gasteiger partial charge in [0.1, 0.15) is 5.82 Å². The molecule has 1 aromatic rings. The Morgan fingerprint density at radius 1 is 1.57 bits per heavy atom. The maximum absolute atomic E-state index is 13.4. The fourth-order valence-electron chi connectivity index (χ4n) is 1.41. The molecule has 0 aliphatic heterocycles. The van der Waals surface area contributed by atoms with Crippen molar-refractivity contribution < 1.29 is 9.50 Å². The maximum atomic E-state index is 13.4. The average molecular weight is 218 g/mol. The van der Waals surface area contributed by atoms with Gasteiger partial charge in [0.2, 0.25) is 0 Å². The van der Waals surface area contributed by atoms with Gasteiger partial charge < -0.3 is 10.8 Å². The quantitative estimate of drug-likeness (QED) is 0.815. The van der Waals surface area contributed by atoms with Crippen LogP contribution in [0.25, 0.3) is 0 Å². The molecule has 14 heavy (non-hydrogen) atoms. The molecule has 0 fully saturated rings. The van der Waals surface area contributed by atoms with E-state index in [1.807, 2.05) is 0 Å². The molecule has 0 saturated carbocycles. The highest BCUT2D eigenvalue weighted by Gasteiger charge is 2.15. The van der Waals surface area contributed by atoms with E-state index >= 15 is 0 Å². The molecule has 0 bridgehead atoms. The van der Waals surface area contributed by atoms with Gasteiger partial charge in [0.05, 0.1) is 0 Å². The summed E-state index contributed by atoms with van der Waals surface area (Å²) in [5.74, 6) is -0.368. The first-order valence-corrected chi connectivity index (χ1v) is 4.76. The predicted molar refractivity (Wildman–Crippen MR) is 54.8 cm³/mol. The smallest absolute Gasteiger partial charge is 0.128 e. The second-order valence-corrected chi connectivity index (χ2v) is 3.59. The highest BCUT2D eigenvalue weighted by molar-refractivity contribution is 6.31. The lowest BCUT2D eigenvalue weighted by Gasteiger charge is -2.15. The van der Waals surface area contributed by atoms with E-state index < -0.39 is 6.04 Å². The summed E-state index contributed by atoms with van der Waals surface area (Å²) in [7, 11) is 0. The topological polar surface area (TPSA) is 46.2 Å². The number of rotatable bonds is 3. The Morgan fingerprint density at radius 2 is 2.21 bits per heavy atom. The van der Waals surface area contributed by atoms with Gasteiger partial charge in [0.25, 0.3) is 0 Å². The van der Waals surface area contributed by atoms with E-state index in [2.05, 4.69) is 0 Å². The Hall–Kier alpha value is -0.640. The largest absolute Gasteiger partial charge is 0.396 e. The molecular weight excluding hydrogens is 205 g/mol. The fourth-order valence-corrected chi connectivity index (χ4v) is 1.57. The van der Waals surface area contributed by atoms with Crippen LogP contribution in [0.3, 0.4) is 0 Å². The molecule has 0 aromatic heterocycles. The molecule has 0 spiro atoms. The summed E-state index contributed by atoms with van der Waals surface area (Å²) in [4.78, 5) is 0. The van der Waals surface area contributed by atoms with Crippen LogP contribution in [0.15, 0.2) is 12.1 Å². The van der Waals surface area contributed by atoms with Crippen molar-refractivity contribution >= 4 is 11.6 Å². The van der Waals surface area contributed by atoms with Gasteiger partial charge in [-0.1, -0.05) is 11.6 Å². The first-order valence-electron chi connectivity index (χ1n) is 4.39. The normalized spacial score (nSPS) is 12.9. The van der Waals surface area contributed by atoms with E-state index in [9.17, 15) is 4.39 Å². The molecule has 1 rings (SSSR count). The summed E-state index contributed by atoms with van der Waals surface area (Å²) < 4.78 is 13.4. The number of hydrogen-bond donors (Lipinski definition) is 2. The van der Waals surface area contributed by atoms with Crippen molar-refractivity contribution in [2.75, 3.05) is 6.61 Å². The minimum atomic E-state index is -0.501. The zero-order chi connectivity index (χ0) is 10.7. The van der Waals surface area contributed by atoms with Crippen molar-refractivity contribution in [1.29, 1.82) is 0 Å². The van der Waals surface area contributed by atoms with Crippen molar-refractivity contribution in [3.8, 4) is 0 Å². The Kier molecular flexibility index (Phi) is 3.86. The van der Waals surface area contributed by atoms with Gasteiger partial charge in [-0.2, -0.15) is 0 Å². The molecule has 1 atom stereocenters. The lowest BCUT2D eigenvalue weighted by molar-refractivity contribution is 0.275. The van der Waals surface area contributed by atoms with Crippen LogP contribution in [0.2, 0.25) is 5.02 Å². The van der Waals surface area contributed by atoms with Gasteiger partial charge in [-0.15, -0.1) is 0 Å². The Labute approximate surface area is 87.5 Å². The number of hydrogen-bond acceptors (Lipinski definition) is 2. The molecule has 0 heterocycles. The van der Waals surface area contributed by atoms with Crippen molar-refractivity contribution in [2.24, 2.45) is 5.73 Å². The molecule has 0 radical (unpaired) electrons. The minimum Gasteiger partial charge on any atom is -0.396 e. The third kappa shape index (κ3) is 2.23. The molecule has 1 unspecified atom stereocenters. The summed E-state index contributed by atoms with van der Waals surface area (Å²) in [6, 6.07) is 2.29. The van der Waals surface area contributed by atoms with Gasteiger partial charge >= 0.3 is 0 Å². The second-order valence-electron chi connectivity index (χ2n) is 3.19. The van der Waals surface area contributed by atoms with Crippen LogP contribution in [-0.4, -0.2) is 11.7 Å². The van der Waals surface area contributed by atoms with E-state index in [0.29, 0.717) is 22.6 Å². The van der Waals surface area contributed by atoms with E-state index in [1.54, 1.807) is 6.92 Å². The number of nitrogens with two attached hydrogens (primary N) is 1. The first-order chi connectivity index (χ1) is 6.57. The minimum absolute atomic E-state index is 0.0629. The van der Waals surface area contributed by atoms with Crippen molar-refractivity contribution in [1.82, 2.24) is 0 Å². The van der Waals surface area contributed by atoms with Gasteiger partial charge in [0, 0.05) is 23.2 Å². The molecule has 1 aromatic carbocycles. The van der Waals surface area contributed by atoms with Crippen molar-refractivity contribution in [2.45, 2.75) is 19.4 Å². The van der Waals surface area contributed by atoms with Crippen molar-refractivity contribution in [3.05, 3.63) is 34.1 Å². The highest BCUT2D eigenvalue weighted by Crippen LogP contribution is 2.27. The van der Waals surface area contributed by atoms with Crippen LogP contribution in [-0.2, 0) is 0 Å². The standard InChI is InChI=1S/C10H13ClFNO/c1-6-7(11)2-3-8(12)10(6)9(13)4-5-14/h2-3,9,14H,4-5,13H2,1H3. The molecule has 0 aliphatic rings. The van der Waals surface area contributed by atoms with E-state index in [1.165, 1.54) is 12.1 Å². The number of aliphatic hydroxyl groups excluding tert-OH is 1. The molecular formula is C10H13ClFNO. The summed E-state index contributed by atoms with van der Waals surface area (Å²) >= 11 is 5.85. The van der Waals surface area contributed by atoms with Crippen LogP contribution in [0.1, 0.15) is 23.6 Å². The summed E-state index contributed by atoms with van der Waals surface area (Å²) in [5.41, 5.74) is 6.76. The summed E-state index contributed by atoms with van der Waals surface area (Å²) in [6.45, 7) is 1.66. The van der Waals surface area contributed by atoms with Gasteiger partial charge in [-0.25, -0.2) is 4.39 Å². The molecule has 3 N–H and O–H groups in total. The van der Waals surface area contributed by atoms with Crippen LogP contribution in [0, 0.1) is 12.7 Å². The Bertz CT molecular complexity index is 330. The molecule has 0 amide bonds. The van der Waals surface area contributed by atoms with E-state index in [-0.39, 0.29) is 12.4 Å².